The second kappa shape index (κ2) is 13.3. The molecule has 1 saturated heterocycles. The molecule has 11 heteroatoms. The minimum absolute atomic E-state index is 0.207. The molecule has 0 bridgehead atoms. The van der Waals surface area contributed by atoms with E-state index >= 15 is 0 Å². The molecule has 0 radical (unpaired) electrons. The van der Waals surface area contributed by atoms with E-state index in [0.29, 0.717) is 6.54 Å². The van der Waals surface area contributed by atoms with Crippen LogP contribution in [0.15, 0.2) is 70.5 Å². The van der Waals surface area contributed by atoms with Crippen LogP contribution in [0.1, 0.15) is 33.1 Å². The molecular formula is C28H35N5O4S2. The summed E-state index contributed by atoms with van der Waals surface area (Å²) in [4.78, 5) is 22.4. The summed E-state index contributed by atoms with van der Waals surface area (Å²) in [6.07, 6.45) is 6.86. The number of carbonyl (C=O) groups is 1. The number of imidazole rings is 1. The van der Waals surface area contributed by atoms with Crippen LogP contribution in [0.5, 0.6) is 0 Å². The third kappa shape index (κ3) is 6.73. The summed E-state index contributed by atoms with van der Waals surface area (Å²) in [7, 11) is -3.72. The summed E-state index contributed by atoms with van der Waals surface area (Å²) < 4.78 is 28.7. The van der Waals surface area contributed by atoms with Crippen molar-refractivity contribution in [2.24, 2.45) is 0 Å². The van der Waals surface area contributed by atoms with Gasteiger partial charge in [-0.25, -0.2) is 13.4 Å². The minimum Gasteiger partial charge on any atom is -0.480 e. The second-order valence-electron chi connectivity index (χ2n) is 9.32. The Morgan fingerprint density at radius 3 is 2.56 bits per heavy atom. The maximum absolute atomic E-state index is 12.6. The van der Waals surface area contributed by atoms with E-state index in [2.05, 4.69) is 39.3 Å². The van der Waals surface area contributed by atoms with Crippen LogP contribution < -0.4 is 0 Å². The molecule has 1 aliphatic heterocycles. The zero-order valence-electron chi connectivity index (χ0n) is 22.3. The topological polar surface area (TPSA) is 109 Å². The molecular weight excluding hydrogens is 534 g/mol. The monoisotopic (exact) mass is 569 g/mol. The molecule has 1 aromatic carbocycles. The number of aryl methyl sites for hydroxylation is 1. The number of benzene rings is 1. The van der Waals surface area contributed by atoms with Crippen LogP contribution in [0.2, 0.25) is 0 Å². The molecule has 0 aliphatic carbocycles. The van der Waals surface area contributed by atoms with Crippen molar-refractivity contribution in [1.82, 2.24) is 23.7 Å². The molecule has 1 unspecified atom stereocenters. The first kappa shape index (κ1) is 28.9. The highest BCUT2D eigenvalue weighted by Crippen LogP contribution is 2.26. The van der Waals surface area contributed by atoms with Gasteiger partial charge in [0.25, 0.3) is 10.0 Å². The number of piperazine rings is 1. The van der Waals surface area contributed by atoms with E-state index in [9.17, 15) is 18.3 Å². The number of rotatable bonds is 9. The van der Waals surface area contributed by atoms with Gasteiger partial charge in [-0.15, -0.1) is 11.3 Å². The van der Waals surface area contributed by atoms with Gasteiger partial charge in [0.1, 0.15) is 16.1 Å². The molecule has 5 rings (SSSR count). The van der Waals surface area contributed by atoms with Crippen LogP contribution in [-0.4, -0.2) is 75.5 Å². The number of pyridine rings is 1. The van der Waals surface area contributed by atoms with E-state index in [-0.39, 0.29) is 17.3 Å². The van der Waals surface area contributed by atoms with Crippen LogP contribution in [-0.2, 0) is 21.4 Å². The number of carboxylic acids is 1. The smallest absolute Gasteiger partial charge is 0.323 e. The molecule has 1 N–H and O–H groups in total. The zero-order valence-corrected chi connectivity index (χ0v) is 23.9. The van der Waals surface area contributed by atoms with E-state index in [1.807, 2.05) is 36.5 Å². The molecule has 9 nitrogen and oxygen atoms in total. The molecule has 0 saturated carbocycles. The van der Waals surface area contributed by atoms with E-state index in [1.165, 1.54) is 11.6 Å². The number of aliphatic carboxylic acids is 1. The maximum Gasteiger partial charge on any atom is 0.323 e. The summed E-state index contributed by atoms with van der Waals surface area (Å²) in [5.41, 5.74) is 3.27. The first-order valence-electron chi connectivity index (χ1n) is 13.2. The van der Waals surface area contributed by atoms with E-state index in [1.54, 1.807) is 17.6 Å². The fourth-order valence-corrected chi connectivity index (χ4v) is 7.42. The Kier molecular flexibility index (Phi) is 9.84. The first-order chi connectivity index (χ1) is 18.9. The SMILES string of the molecule is CCCCCN1CCN(S(=O)(=O)c2cccs2)C(C(=O)O)C1.CCn1c(-c2cccnc2)nc2ccccc21. The van der Waals surface area contributed by atoms with Gasteiger partial charge < -0.3 is 9.67 Å². The van der Waals surface area contributed by atoms with Crippen LogP contribution in [0.4, 0.5) is 0 Å². The van der Waals surface area contributed by atoms with Gasteiger partial charge in [-0.1, -0.05) is 38.0 Å². The third-order valence-corrected chi connectivity index (χ3v) is 10.0. The summed E-state index contributed by atoms with van der Waals surface area (Å²) in [6.45, 7) is 7.04. The van der Waals surface area contributed by atoms with Crippen LogP contribution in [0.3, 0.4) is 0 Å². The van der Waals surface area contributed by atoms with Gasteiger partial charge in [0.2, 0.25) is 0 Å². The molecule has 208 valence electrons. The Morgan fingerprint density at radius 2 is 1.90 bits per heavy atom. The van der Waals surface area contributed by atoms with Crippen molar-refractivity contribution in [2.75, 3.05) is 26.2 Å². The average molecular weight is 570 g/mol. The largest absolute Gasteiger partial charge is 0.480 e. The molecule has 1 fully saturated rings. The fraction of sp³-hybridized carbons (Fsp3) is 0.393. The Balaban J connectivity index is 0.000000186. The molecule has 4 heterocycles. The minimum atomic E-state index is -3.72. The highest BCUT2D eigenvalue weighted by Gasteiger charge is 2.40. The van der Waals surface area contributed by atoms with Crippen molar-refractivity contribution < 1.29 is 18.3 Å². The van der Waals surface area contributed by atoms with Gasteiger partial charge >= 0.3 is 5.97 Å². The Labute approximate surface area is 233 Å². The van der Waals surface area contributed by atoms with Gasteiger partial charge in [-0.05, 0) is 55.6 Å². The quantitative estimate of drug-likeness (QED) is 0.288. The van der Waals surface area contributed by atoms with E-state index in [4.69, 9.17) is 0 Å². The number of fused-ring (bicyclic) bond motifs is 1. The summed E-state index contributed by atoms with van der Waals surface area (Å²) >= 11 is 1.12. The molecule has 3 aromatic heterocycles. The van der Waals surface area contributed by atoms with Crippen LogP contribution in [0, 0.1) is 0 Å². The Morgan fingerprint density at radius 1 is 1.08 bits per heavy atom. The summed E-state index contributed by atoms with van der Waals surface area (Å²) in [5, 5.41) is 11.1. The lowest BCUT2D eigenvalue weighted by atomic mass is 10.2. The highest BCUT2D eigenvalue weighted by atomic mass is 32.2. The number of aromatic nitrogens is 3. The predicted molar refractivity (Wildman–Crippen MR) is 154 cm³/mol. The van der Waals surface area contributed by atoms with Crippen LogP contribution in [0.25, 0.3) is 22.4 Å². The number of hydrogen-bond acceptors (Lipinski definition) is 7. The van der Waals surface area contributed by atoms with Gasteiger partial charge in [0, 0.05) is 44.1 Å². The van der Waals surface area contributed by atoms with Crippen molar-refractivity contribution in [3.8, 4) is 11.4 Å². The fourth-order valence-electron chi connectivity index (χ4n) is 4.74. The second-order valence-corrected chi connectivity index (χ2v) is 12.4. The average Bonchev–Trinajstić information content (AvgIpc) is 3.63. The number of sulfonamides is 1. The maximum atomic E-state index is 12.6. The number of nitrogens with zero attached hydrogens (tertiary/aromatic N) is 5. The molecule has 0 spiro atoms. The normalized spacial score (nSPS) is 16.6. The Hall–Kier alpha value is -3.12. The highest BCUT2D eigenvalue weighted by molar-refractivity contribution is 7.91. The van der Waals surface area contributed by atoms with Gasteiger partial charge in [0.15, 0.2) is 0 Å². The lowest BCUT2D eigenvalue weighted by Crippen LogP contribution is -2.58. The van der Waals surface area contributed by atoms with Crippen molar-refractivity contribution in [1.29, 1.82) is 0 Å². The Bertz CT molecular complexity index is 1460. The molecule has 4 aromatic rings. The van der Waals surface area contributed by atoms with E-state index in [0.717, 1.165) is 64.9 Å². The third-order valence-electron chi connectivity index (χ3n) is 6.73. The van der Waals surface area contributed by atoms with Crippen LogP contribution >= 0.6 is 11.3 Å². The van der Waals surface area contributed by atoms with Crippen molar-refractivity contribution in [3.05, 3.63) is 66.3 Å². The predicted octanol–water partition coefficient (Wildman–Crippen LogP) is 4.82. The van der Waals surface area contributed by atoms with Gasteiger partial charge in [-0.2, -0.15) is 4.31 Å². The number of para-hydroxylation sites is 2. The lowest BCUT2D eigenvalue weighted by Gasteiger charge is -2.38. The van der Waals surface area contributed by atoms with Gasteiger partial charge in [0.05, 0.1) is 11.0 Å². The van der Waals surface area contributed by atoms with Gasteiger partial charge in [-0.3, -0.25) is 14.7 Å². The van der Waals surface area contributed by atoms with Crippen molar-refractivity contribution in [2.45, 2.75) is 49.9 Å². The number of unbranched alkanes of at least 4 members (excludes halogenated alkanes) is 2. The standard InChI is InChI=1S/C14H13N3.C14H22N2O4S2/c1-2-17-13-8-4-3-7-12(13)16-14(17)11-6-5-9-15-10-11;1-2-3-4-7-15-8-9-16(12(11-15)14(17)18)22(19,20)13-6-5-10-21-13/h3-10H,2H2,1H3;5-6,10,12H,2-4,7-9,11H2,1H3,(H,17,18). The van der Waals surface area contributed by atoms with E-state index < -0.39 is 22.0 Å². The summed E-state index contributed by atoms with van der Waals surface area (Å²) in [5.74, 6) is -0.0953. The first-order valence-corrected chi connectivity index (χ1v) is 15.5. The molecule has 1 atom stereocenters. The molecule has 0 amide bonds. The van der Waals surface area contributed by atoms with Crippen molar-refractivity contribution >= 4 is 38.4 Å². The zero-order chi connectivity index (χ0) is 27.8. The number of carboxylic acid groups (broad SMARTS) is 1. The lowest BCUT2D eigenvalue weighted by molar-refractivity contribution is -0.143. The number of hydrogen-bond donors (Lipinski definition) is 1. The summed E-state index contributed by atoms with van der Waals surface area (Å²) in [6, 6.07) is 14.4. The number of thiophene rings is 1. The molecule has 1 aliphatic rings. The molecule has 39 heavy (non-hydrogen) atoms. The van der Waals surface area contributed by atoms with Crippen molar-refractivity contribution in [3.63, 3.8) is 0 Å².